The third-order valence-electron chi connectivity index (χ3n) is 11.5. The molecule has 1 heterocycles. The lowest BCUT2D eigenvalue weighted by Gasteiger charge is -2.60. The molecular weight excluding hydrogens is 392 g/mol. The van der Waals surface area contributed by atoms with E-state index >= 15 is 0 Å². The first-order chi connectivity index (χ1) is 15.2. The highest BCUT2D eigenvalue weighted by Crippen LogP contribution is 2.68. The number of ether oxygens (including phenoxy) is 1. The molecule has 32 heavy (non-hydrogen) atoms. The summed E-state index contributed by atoms with van der Waals surface area (Å²) in [6, 6.07) is 0. The van der Waals surface area contributed by atoms with Gasteiger partial charge in [0, 0.05) is 0 Å². The van der Waals surface area contributed by atoms with Crippen LogP contribution < -0.4 is 0 Å². The fourth-order valence-electron chi connectivity index (χ4n) is 9.76. The van der Waals surface area contributed by atoms with E-state index < -0.39 is 0 Å². The number of allylic oxidation sites excluding steroid dienone is 1. The first-order valence-corrected chi connectivity index (χ1v) is 14.2. The summed E-state index contributed by atoms with van der Waals surface area (Å²) >= 11 is 0. The lowest BCUT2D eigenvalue weighted by atomic mass is 9.44. The van der Waals surface area contributed by atoms with Gasteiger partial charge in [0.1, 0.15) is 0 Å². The second-order valence-electron chi connectivity index (χ2n) is 13.6. The van der Waals surface area contributed by atoms with Crippen LogP contribution in [0.4, 0.5) is 0 Å². The molecule has 0 aromatic heterocycles. The van der Waals surface area contributed by atoms with Crippen molar-refractivity contribution in [2.45, 2.75) is 117 Å². The number of fused-ring (bicyclic) bond motifs is 5. The molecule has 0 radical (unpaired) electrons. The Hall–Kier alpha value is -0.340. The standard InChI is InChI=1S/C30H50O2/c1-19(2)7-6-8-20(3)26-11-12-27-25-10-9-21-15-23(31)16-22(17-24-18-32-24)30(21,5)28(25)13-14-29(26,27)4/h9,19-20,22-28,31H,6-8,10-18H2,1-5H3/t20-,22?,23-,24?,25+,26-,27+,28+,29-,30-/m1/s1. The molecule has 0 aromatic rings. The molecule has 5 rings (SSSR count). The molecule has 1 N–H and O–H groups in total. The molecule has 3 saturated carbocycles. The van der Waals surface area contributed by atoms with Gasteiger partial charge in [0.05, 0.1) is 18.8 Å². The summed E-state index contributed by atoms with van der Waals surface area (Å²) in [6.07, 6.45) is 17.4. The van der Waals surface area contributed by atoms with E-state index in [1.165, 1.54) is 57.8 Å². The van der Waals surface area contributed by atoms with Gasteiger partial charge in [0.2, 0.25) is 0 Å². The second kappa shape index (κ2) is 8.71. The van der Waals surface area contributed by atoms with Crippen LogP contribution in [0.15, 0.2) is 11.6 Å². The third-order valence-corrected chi connectivity index (χ3v) is 11.5. The average molecular weight is 443 g/mol. The molecule has 1 aliphatic heterocycles. The quantitative estimate of drug-likeness (QED) is 0.329. The molecular formula is C30H50O2. The van der Waals surface area contributed by atoms with Gasteiger partial charge in [-0.15, -0.1) is 0 Å². The Balaban J connectivity index is 1.35. The number of aliphatic hydroxyl groups is 1. The van der Waals surface area contributed by atoms with E-state index in [1.54, 1.807) is 5.57 Å². The number of hydrogen-bond donors (Lipinski definition) is 1. The van der Waals surface area contributed by atoms with Crippen LogP contribution in [0.3, 0.4) is 0 Å². The molecule has 4 fully saturated rings. The maximum Gasteiger partial charge on any atom is 0.0812 e. The molecule has 4 aliphatic carbocycles. The lowest BCUT2D eigenvalue weighted by Crippen LogP contribution is -2.54. The van der Waals surface area contributed by atoms with Gasteiger partial charge in [-0.2, -0.15) is 0 Å². The van der Waals surface area contributed by atoms with Crippen molar-refractivity contribution in [3.05, 3.63) is 11.6 Å². The Bertz CT molecular complexity index is 706. The highest BCUT2D eigenvalue weighted by atomic mass is 16.6. The summed E-state index contributed by atoms with van der Waals surface area (Å²) in [5.41, 5.74) is 2.48. The summed E-state index contributed by atoms with van der Waals surface area (Å²) in [6.45, 7) is 13.6. The molecule has 2 heteroatoms. The first kappa shape index (κ1) is 23.4. The molecule has 0 spiro atoms. The summed E-state index contributed by atoms with van der Waals surface area (Å²) in [5, 5.41) is 10.7. The zero-order chi connectivity index (χ0) is 22.7. The van der Waals surface area contributed by atoms with E-state index in [1.807, 2.05) is 0 Å². The van der Waals surface area contributed by atoms with E-state index in [4.69, 9.17) is 4.74 Å². The number of epoxide rings is 1. The zero-order valence-electron chi connectivity index (χ0n) is 21.6. The third kappa shape index (κ3) is 3.94. The number of hydrogen-bond acceptors (Lipinski definition) is 2. The molecule has 182 valence electrons. The van der Waals surface area contributed by atoms with Gasteiger partial charge in [0.15, 0.2) is 0 Å². The minimum atomic E-state index is -0.133. The number of rotatable bonds is 7. The minimum absolute atomic E-state index is 0.133. The smallest absolute Gasteiger partial charge is 0.0812 e. The van der Waals surface area contributed by atoms with E-state index in [0.29, 0.717) is 22.9 Å². The SMILES string of the molecule is CC(C)CCC[C@@H](C)[C@H]1CC[C@H]2[C@@H]3CC=C4C[C@@H](O)CC(CC5CO5)[C@]4(C)[C@H]3CC[C@]12C. The molecule has 10 atom stereocenters. The van der Waals surface area contributed by atoms with Crippen molar-refractivity contribution in [3.8, 4) is 0 Å². The van der Waals surface area contributed by atoms with Gasteiger partial charge in [-0.25, -0.2) is 0 Å². The van der Waals surface area contributed by atoms with Crippen LogP contribution in [0.5, 0.6) is 0 Å². The highest BCUT2D eigenvalue weighted by Gasteiger charge is 2.61. The maximum absolute atomic E-state index is 10.7. The van der Waals surface area contributed by atoms with Crippen molar-refractivity contribution < 1.29 is 9.84 Å². The highest BCUT2D eigenvalue weighted by molar-refractivity contribution is 5.27. The van der Waals surface area contributed by atoms with Crippen molar-refractivity contribution in [3.63, 3.8) is 0 Å². The molecule has 5 aliphatic rings. The Kier molecular flexibility index (Phi) is 6.37. The topological polar surface area (TPSA) is 32.8 Å². The lowest BCUT2D eigenvalue weighted by molar-refractivity contribution is -0.0816. The van der Waals surface area contributed by atoms with Crippen LogP contribution in [-0.2, 0) is 4.74 Å². The largest absolute Gasteiger partial charge is 0.393 e. The van der Waals surface area contributed by atoms with Gasteiger partial charge in [0.25, 0.3) is 0 Å². The van der Waals surface area contributed by atoms with Crippen molar-refractivity contribution in [1.29, 1.82) is 0 Å². The van der Waals surface area contributed by atoms with Gasteiger partial charge in [-0.3, -0.25) is 0 Å². The van der Waals surface area contributed by atoms with Crippen LogP contribution in [-0.4, -0.2) is 23.9 Å². The van der Waals surface area contributed by atoms with Crippen LogP contribution in [0, 0.1) is 52.3 Å². The van der Waals surface area contributed by atoms with E-state index in [0.717, 1.165) is 55.0 Å². The average Bonchev–Trinajstić information content (AvgIpc) is 3.47. The van der Waals surface area contributed by atoms with Crippen LogP contribution >= 0.6 is 0 Å². The maximum atomic E-state index is 10.7. The summed E-state index contributed by atoms with van der Waals surface area (Å²) < 4.78 is 5.68. The van der Waals surface area contributed by atoms with Gasteiger partial charge < -0.3 is 9.84 Å². The Labute approximate surface area is 198 Å². The summed E-state index contributed by atoms with van der Waals surface area (Å²) in [7, 11) is 0. The molecule has 0 amide bonds. The van der Waals surface area contributed by atoms with Crippen molar-refractivity contribution in [2.75, 3.05) is 6.61 Å². The number of aliphatic hydroxyl groups excluding tert-OH is 1. The normalized spacial score (nSPS) is 48.6. The summed E-state index contributed by atoms with van der Waals surface area (Å²) in [5.74, 6) is 5.88. The predicted molar refractivity (Wildman–Crippen MR) is 132 cm³/mol. The van der Waals surface area contributed by atoms with Crippen LogP contribution in [0.1, 0.15) is 105 Å². The van der Waals surface area contributed by atoms with Crippen LogP contribution in [0.25, 0.3) is 0 Å². The van der Waals surface area contributed by atoms with Crippen molar-refractivity contribution >= 4 is 0 Å². The van der Waals surface area contributed by atoms with Crippen LogP contribution in [0.2, 0.25) is 0 Å². The van der Waals surface area contributed by atoms with E-state index in [2.05, 4.69) is 40.7 Å². The minimum Gasteiger partial charge on any atom is -0.393 e. The monoisotopic (exact) mass is 442 g/mol. The fourth-order valence-corrected chi connectivity index (χ4v) is 9.76. The molecule has 0 aromatic carbocycles. The second-order valence-corrected chi connectivity index (χ2v) is 13.6. The fraction of sp³-hybridized carbons (Fsp3) is 0.933. The predicted octanol–water partition coefficient (Wildman–Crippen LogP) is 7.40. The first-order valence-electron chi connectivity index (χ1n) is 14.2. The van der Waals surface area contributed by atoms with E-state index in [9.17, 15) is 5.11 Å². The van der Waals surface area contributed by atoms with Gasteiger partial charge >= 0.3 is 0 Å². The summed E-state index contributed by atoms with van der Waals surface area (Å²) in [4.78, 5) is 0. The Morgan fingerprint density at radius 2 is 1.88 bits per heavy atom. The zero-order valence-corrected chi connectivity index (χ0v) is 21.6. The van der Waals surface area contributed by atoms with Gasteiger partial charge in [-0.1, -0.05) is 65.5 Å². The van der Waals surface area contributed by atoms with E-state index in [-0.39, 0.29) is 6.10 Å². The van der Waals surface area contributed by atoms with Crippen molar-refractivity contribution in [1.82, 2.24) is 0 Å². The molecule has 2 unspecified atom stereocenters. The molecule has 0 bridgehead atoms. The Morgan fingerprint density at radius 1 is 1.09 bits per heavy atom. The van der Waals surface area contributed by atoms with Gasteiger partial charge in [-0.05, 0) is 104 Å². The Morgan fingerprint density at radius 3 is 2.59 bits per heavy atom. The molecule has 1 saturated heterocycles. The van der Waals surface area contributed by atoms with Crippen molar-refractivity contribution in [2.24, 2.45) is 52.3 Å². The molecule has 2 nitrogen and oxygen atoms in total.